The van der Waals surface area contributed by atoms with Gasteiger partial charge >= 0.3 is 39.5 Å². The van der Waals surface area contributed by atoms with Crippen molar-refractivity contribution in [3.8, 4) is 0 Å². The van der Waals surface area contributed by atoms with Gasteiger partial charge in [0, 0.05) is 25.7 Å². The molecule has 91 heavy (non-hydrogen) atoms. The summed E-state index contributed by atoms with van der Waals surface area (Å²) in [6.07, 6.45) is 44.5. The lowest BCUT2D eigenvalue weighted by Gasteiger charge is -2.21. The van der Waals surface area contributed by atoms with Crippen LogP contribution in [-0.4, -0.2) is 96.7 Å². The topological polar surface area (TPSA) is 237 Å². The monoisotopic (exact) mass is 1340 g/mol. The van der Waals surface area contributed by atoms with Gasteiger partial charge in [0.2, 0.25) is 0 Å². The number of phosphoric acid groups is 2. The van der Waals surface area contributed by atoms with Gasteiger partial charge in [0.25, 0.3) is 0 Å². The van der Waals surface area contributed by atoms with E-state index in [4.69, 9.17) is 37.0 Å². The van der Waals surface area contributed by atoms with Crippen LogP contribution in [0.4, 0.5) is 0 Å². The van der Waals surface area contributed by atoms with Gasteiger partial charge in [-0.05, 0) is 49.4 Å². The molecule has 0 rings (SSSR count). The molecule has 540 valence electrons. The van der Waals surface area contributed by atoms with Crippen molar-refractivity contribution in [1.82, 2.24) is 0 Å². The molecule has 0 spiro atoms. The minimum Gasteiger partial charge on any atom is -0.462 e. The zero-order valence-electron chi connectivity index (χ0n) is 59.5. The third-order valence-corrected chi connectivity index (χ3v) is 19.2. The van der Waals surface area contributed by atoms with Gasteiger partial charge in [0.1, 0.15) is 19.3 Å². The number of aliphatic hydroxyl groups excluding tert-OH is 1. The maximum absolute atomic E-state index is 13.0. The first-order valence-electron chi connectivity index (χ1n) is 37.3. The summed E-state index contributed by atoms with van der Waals surface area (Å²) in [7, 11) is -9.91. The Morgan fingerprint density at radius 2 is 0.527 bits per heavy atom. The van der Waals surface area contributed by atoms with Crippen LogP contribution in [0.25, 0.3) is 0 Å². The molecule has 0 heterocycles. The summed E-state index contributed by atoms with van der Waals surface area (Å²) >= 11 is 0. The van der Waals surface area contributed by atoms with E-state index in [0.29, 0.717) is 25.7 Å². The molecule has 0 saturated carbocycles. The molecule has 0 amide bonds. The van der Waals surface area contributed by atoms with Crippen molar-refractivity contribution in [1.29, 1.82) is 0 Å². The Bertz CT molecular complexity index is 1800. The summed E-state index contributed by atoms with van der Waals surface area (Å²) in [5.74, 6) is 0.888. The van der Waals surface area contributed by atoms with Gasteiger partial charge in [0.15, 0.2) is 12.2 Å². The highest BCUT2D eigenvalue weighted by Gasteiger charge is 2.30. The molecule has 19 heteroatoms. The Labute approximate surface area is 556 Å². The summed E-state index contributed by atoms with van der Waals surface area (Å²) in [6, 6.07) is 0. The number of carbonyl (C=O) groups is 4. The Hall–Kier alpha value is -1.94. The number of aliphatic hydroxyl groups is 1. The second-order valence-electron chi connectivity index (χ2n) is 27.4. The fourth-order valence-electron chi connectivity index (χ4n) is 10.8. The highest BCUT2D eigenvalue weighted by atomic mass is 31.2. The molecule has 0 aliphatic heterocycles. The number of hydrogen-bond acceptors (Lipinski definition) is 15. The van der Waals surface area contributed by atoms with E-state index in [-0.39, 0.29) is 25.7 Å². The SMILES string of the molecule is CCC(C)CCCCCCCCC(=O)OC[C@H](COP(=O)(O)OC[C@H](O)COP(=O)(O)OC[C@@H](COC(=O)CCCCCCCCC(C)CC)OC(=O)CCCCCCCCCCCCC(C)C)OC(=O)CCCCCCCCCCCCCCCCCC(C)C. The zero-order chi connectivity index (χ0) is 67.5. The quantitative estimate of drug-likeness (QED) is 0.0222. The molecule has 17 nitrogen and oxygen atoms in total. The van der Waals surface area contributed by atoms with Crippen LogP contribution in [0.5, 0.6) is 0 Å². The molecule has 0 aliphatic carbocycles. The Balaban J connectivity index is 5.23. The Morgan fingerprint density at radius 3 is 0.780 bits per heavy atom. The molecule has 0 aromatic rings. The Kier molecular flexibility index (Phi) is 60.3. The minimum absolute atomic E-state index is 0.104. The van der Waals surface area contributed by atoms with E-state index in [2.05, 4.69) is 55.4 Å². The van der Waals surface area contributed by atoms with Crippen LogP contribution in [0, 0.1) is 23.7 Å². The van der Waals surface area contributed by atoms with E-state index in [9.17, 15) is 43.2 Å². The molecule has 7 atom stereocenters. The smallest absolute Gasteiger partial charge is 0.462 e. The summed E-state index contributed by atoms with van der Waals surface area (Å²) in [6.45, 7) is 14.1. The van der Waals surface area contributed by atoms with E-state index >= 15 is 0 Å². The third kappa shape index (κ3) is 63.9. The molecule has 0 fully saturated rings. The molecular weight excluding hydrogens is 1200 g/mol. The van der Waals surface area contributed by atoms with E-state index < -0.39 is 97.5 Å². The number of rotatable bonds is 69. The largest absolute Gasteiger partial charge is 0.472 e. The summed E-state index contributed by atoms with van der Waals surface area (Å²) < 4.78 is 68.3. The maximum atomic E-state index is 13.0. The summed E-state index contributed by atoms with van der Waals surface area (Å²) in [5.41, 5.74) is 0. The molecular formula is C72H140O17P2. The van der Waals surface area contributed by atoms with Gasteiger partial charge in [-0.2, -0.15) is 0 Å². The number of phosphoric ester groups is 2. The molecule has 0 saturated heterocycles. The highest BCUT2D eigenvalue weighted by Crippen LogP contribution is 2.45. The second-order valence-corrected chi connectivity index (χ2v) is 30.3. The van der Waals surface area contributed by atoms with Crippen molar-refractivity contribution in [3.05, 3.63) is 0 Å². The van der Waals surface area contributed by atoms with Crippen molar-refractivity contribution < 1.29 is 80.2 Å². The first-order chi connectivity index (χ1) is 43.7. The van der Waals surface area contributed by atoms with Gasteiger partial charge in [-0.25, -0.2) is 9.13 Å². The van der Waals surface area contributed by atoms with E-state index in [1.165, 1.54) is 148 Å². The lowest BCUT2D eigenvalue weighted by atomic mass is 10.00. The predicted octanol–water partition coefficient (Wildman–Crippen LogP) is 20.5. The van der Waals surface area contributed by atoms with E-state index in [1.54, 1.807) is 0 Å². The van der Waals surface area contributed by atoms with Gasteiger partial charge in [-0.1, -0.05) is 306 Å². The van der Waals surface area contributed by atoms with Crippen LogP contribution in [-0.2, 0) is 65.4 Å². The average Bonchev–Trinajstić information content (AvgIpc) is 3.55. The van der Waals surface area contributed by atoms with Crippen LogP contribution in [0.1, 0.15) is 357 Å². The van der Waals surface area contributed by atoms with E-state index in [0.717, 1.165) is 126 Å². The predicted molar refractivity (Wildman–Crippen MR) is 367 cm³/mol. The summed E-state index contributed by atoms with van der Waals surface area (Å²) in [5, 5.41) is 10.6. The average molecular weight is 1340 g/mol. The lowest BCUT2D eigenvalue weighted by molar-refractivity contribution is -0.161. The number of esters is 4. The molecule has 4 unspecified atom stereocenters. The van der Waals surface area contributed by atoms with Crippen LogP contribution in [0.15, 0.2) is 0 Å². The van der Waals surface area contributed by atoms with Crippen molar-refractivity contribution in [2.24, 2.45) is 23.7 Å². The van der Waals surface area contributed by atoms with Crippen LogP contribution in [0.3, 0.4) is 0 Å². The van der Waals surface area contributed by atoms with Crippen molar-refractivity contribution in [3.63, 3.8) is 0 Å². The summed E-state index contributed by atoms with van der Waals surface area (Å²) in [4.78, 5) is 72.6. The fourth-order valence-corrected chi connectivity index (χ4v) is 12.4. The van der Waals surface area contributed by atoms with Crippen LogP contribution in [0.2, 0.25) is 0 Å². The van der Waals surface area contributed by atoms with E-state index in [1.807, 2.05) is 0 Å². The first kappa shape index (κ1) is 89.1. The van der Waals surface area contributed by atoms with Crippen molar-refractivity contribution >= 4 is 39.5 Å². The highest BCUT2D eigenvalue weighted by molar-refractivity contribution is 7.47. The number of carbonyl (C=O) groups excluding carboxylic acids is 4. The molecule has 0 radical (unpaired) electrons. The van der Waals surface area contributed by atoms with Gasteiger partial charge in [-0.15, -0.1) is 0 Å². The van der Waals surface area contributed by atoms with Gasteiger partial charge < -0.3 is 33.8 Å². The van der Waals surface area contributed by atoms with Crippen LogP contribution < -0.4 is 0 Å². The number of hydrogen-bond donors (Lipinski definition) is 3. The molecule has 3 N–H and O–H groups in total. The first-order valence-corrected chi connectivity index (χ1v) is 40.3. The normalized spacial score (nSPS) is 14.8. The van der Waals surface area contributed by atoms with Crippen molar-refractivity contribution in [2.75, 3.05) is 39.6 Å². The standard InChI is InChI=1S/C72H140O17P2/c1-9-64(7)50-42-34-28-30-36-44-52-69(74)82-58-67(88-71(76)54-46-38-26-22-17-15-13-11-12-14-16-20-24-32-40-48-62(3)4)60-86-90(78,79)84-56-66(73)57-85-91(80,81)87-61-68(59-83-70(75)53-45-37-31-29-35-43-51-65(8)10-2)89-72(77)55-47-39-27-23-19-18-21-25-33-41-49-63(5)6/h62-68,73H,9-61H2,1-8H3,(H,78,79)(H,80,81)/t64?,65?,66-,67+,68+/m0/s1. The maximum Gasteiger partial charge on any atom is 0.472 e. The van der Waals surface area contributed by atoms with Crippen molar-refractivity contribution in [2.45, 2.75) is 375 Å². The number of unbranched alkanes of at least 4 members (excludes halogenated alkanes) is 33. The van der Waals surface area contributed by atoms with Crippen LogP contribution >= 0.6 is 15.6 Å². The molecule has 0 aromatic carbocycles. The second kappa shape index (κ2) is 61.6. The zero-order valence-corrected chi connectivity index (χ0v) is 61.3. The fraction of sp³-hybridized carbons (Fsp3) is 0.944. The lowest BCUT2D eigenvalue weighted by Crippen LogP contribution is -2.30. The Morgan fingerprint density at radius 1 is 0.308 bits per heavy atom. The number of ether oxygens (including phenoxy) is 4. The third-order valence-electron chi connectivity index (χ3n) is 17.3. The van der Waals surface area contributed by atoms with Gasteiger partial charge in [0.05, 0.1) is 26.4 Å². The molecule has 0 bridgehead atoms. The minimum atomic E-state index is -4.95. The molecule has 0 aliphatic rings. The molecule has 0 aromatic heterocycles. The van der Waals surface area contributed by atoms with Gasteiger partial charge in [-0.3, -0.25) is 37.3 Å².